The summed E-state index contributed by atoms with van der Waals surface area (Å²) in [7, 11) is 0. The van der Waals surface area contributed by atoms with Gasteiger partial charge in [0.15, 0.2) is 41.1 Å². The summed E-state index contributed by atoms with van der Waals surface area (Å²) in [6.07, 6.45) is 2.83. The van der Waals surface area contributed by atoms with Gasteiger partial charge in [0.25, 0.3) is 0 Å². The molecule has 0 aliphatic rings. The second-order valence-electron chi connectivity index (χ2n) is 15.7. The van der Waals surface area contributed by atoms with Crippen LogP contribution in [-0.4, -0.2) is 49.2 Å². The minimum absolute atomic E-state index is 0.106. The first-order valence-electron chi connectivity index (χ1n) is 21.2. The van der Waals surface area contributed by atoms with Crippen molar-refractivity contribution in [1.82, 2.24) is 0 Å². The van der Waals surface area contributed by atoms with Crippen LogP contribution in [0.5, 0.6) is 74.7 Å². The quantitative estimate of drug-likeness (QED) is 0.0323. The van der Waals surface area contributed by atoms with Crippen LogP contribution in [0, 0.1) is 5.41 Å². The van der Waals surface area contributed by atoms with Crippen LogP contribution in [-0.2, 0) is 9.59 Å². The average molecular weight is 891 g/mol. The molecule has 0 radical (unpaired) electrons. The van der Waals surface area contributed by atoms with Crippen LogP contribution >= 0.6 is 0 Å². The van der Waals surface area contributed by atoms with E-state index in [0.717, 1.165) is 12.8 Å². The maximum atomic E-state index is 12.0. The van der Waals surface area contributed by atoms with E-state index in [1.165, 1.54) is 47.5 Å². The largest absolute Gasteiger partial charge is 0.504 e. The molecule has 0 fully saturated rings. The summed E-state index contributed by atoms with van der Waals surface area (Å²) in [4.78, 5) is 23.7. The Morgan fingerprint density at radius 1 is 0.492 bits per heavy atom. The van der Waals surface area contributed by atoms with E-state index in [1.54, 1.807) is 54.6 Å². The number of hydrogen-bond acceptors (Lipinski definition) is 13. The molecule has 6 N–H and O–H groups in total. The lowest BCUT2D eigenvalue weighted by Gasteiger charge is -2.20. The average Bonchev–Trinajstić information content (AvgIpc) is 3.31. The fraction of sp³-hybridized carbons (Fsp3) is 0.269. The molecule has 6 rings (SSSR count). The van der Waals surface area contributed by atoms with Crippen molar-refractivity contribution >= 4 is 11.9 Å². The van der Waals surface area contributed by atoms with Crippen molar-refractivity contribution in [2.24, 2.45) is 5.41 Å². The van der Waals surface area contributed by atoms with Crippen molar-refractivity contribution in [3.05, 3.63) is 139 Å². The molecular formula is C52H58O13. The Kier molecular flexibility index (Phi) is 18.3. The van der Waals surface area contributed by atoms with Crippen LogP contribution < -0.4 is 23.7 Å². The van der Waals surface area contributed by atoms with Gasteiger partial charge in [0.05, 0.1) is 5.41 Å². The van der Waals surface area contributed by atoms with Gasteiger partial charge in [-0.2, -0.15) is 0 Å². The Morgan fingerprint density at radius 2 is 0.862 bits per heavy atom. The fourth-order valence-electron chi connectivity index (χ4n) is 5.52. The molecular weight excluding hydrogens is 833 g/mol. The van der Waals surface area contributed by atoms with E-state index in [4.69, 9.17) is 23.7 Å². The Hall–Kier alpha value is -7.54. The first kappa shape index (κ1) is 50.1. The molecule has 0 saturated heterocycles. The first-order valence-corrected chi connectivity index (χ1v) is 21.2. The lowest BCUT2D eigenvalue weighted by Crippen LogP contribution is -2.28. The normalized spacial score (nSPS) is 11.6. The van der Waals surface area contributed by atoms with Crippen LogP contribution in [0.25, 0.3) is 0 Å². The van der Waals surface area contributed by atoms with Gasteiger partial charge in [-0.15, -0.1) is 0 Å². The number of benzene rings is 6. The third-order valence-electron chi connectivity index (χ3n) is 10.6. The predicted octanol–water partition coefficient (Wildman–Crippen LogP) is 12.2. The summed E-state index contributed by atoms with van der Waals surface area (Å²) < 4.78 is 26.7. The van der Waals surface area contributed by atoms with Gasteiger partial charge >= 0.3 is 11.9 Å². The summed E-state index contributed by atoms with van der Waals surface area (Å²) in [6, 6.07) is 35.0. The molecule has 13 nitrogen and oxygen atoms in total. The minimum Gasteiger partial charge on any atom is -0.504 e. The Balaban J connectivity index is 0.000000215. The maximum absolute atomic E-state index is 12.0. The number of rotatable bonds is 15. The lowest BCUT2D eigenvalue weighted by atomic mass is 9.91. The Morgan fingerprint density at radius 3 is 1.28 bits per heavy atom. The minimum atomic E-state index is -0.670. The molecule has 0 amide bonds. The van der Waals surface area contributed by atoms with Crippen molar-refractivity contribution in [2.45, 2.75) is 79.6 Å². The number of para-hydroxylation sites is 3. The molecule has 0 bridgehead atoms. The van der Waals surface area contributed by atoms with E-state index in [1.807, 2.05) is 57.2 Å². The molecule has 0 aliphatic carbocycles. The summed E-state index contributed by atoms with van der Waals surface area (Å²) in [5.74, 6) is 0.540. The van der Waals surface area contributed by atoms with Gasteiger partial charge in [0.1, 0.15) is 23.0 Å². The highest BCUT2D eigenvalue weighted by atomic mass is 16.6. The van der Waals surface area contributed by atoms with Crippen molar-refractivity contribution in [3.63, 3.8) is 0 Å². The molecule has 344 valence electrons. The van der Waals surface area contributed by atoms with E-state index in [-0.39, 0.29) is 58.6 Å². The highest BCUT2D eigenvalue weighted by molar-refractivity contribution is 5.78. The highest BCUT2D eigenvalue weighted by Crippen LogP contribution is 2.39. The summed E-state index contributed by atoms with van der Waals surface area (Å²) in [5, 5.41) is 57.1. The van der Waals surface area contributed by atoms with Gasteiger partial charge < -0.3 is 54.3 Å². The van der Waals surface area contributed by atoms with Crippen LogP contribution in [0.2, 0.25) is 0 Å². The zero-order valence-electron chi connectivity index (χ0n) is 37.6. The van der Waals surface area contributed by atoms with E-state index in [0.29, 0.717) is 41.3 Å². The SMILES string of the molecule is CCC(C)(C)C(=O)Oc1ccc(Oc2cccc(O)c2O)cc1.CCC(C)c1ccc(OCC(=O)Oc2cccc(O)c2O)cc1.CCC(C)c1ccc(Oc2cccc(O)c2O)cc1. The zero-order valence-corrected chi connectivity index (χ0v) is 37.6. The molecule has 0 spiro atoms. The van der Waals surface area contributed by atoms with Gasteiger partial charge in [0, 0.05) is 0 Å². The van der Waals surface area contributed by atoms with E-state index in [9.17, 15) is 40.2 Å². The number of ether oxygens (including phenoxy) is 5. The Bertz CT molecular complexity index is 2440. The zero-order chi connectivity index (χ0) is 47.7. The van der Waals surface area contributed by atoms with Gasteiger partial charge in [-0.1, -0.05) is 77.1 Å². The summed E-state index contributed by atoms with van der Waals surface area (Å²) in [6.45, 7) is 13.9. The second-order valence-corrected chi connectivity index (χ2v) is 15.7. The molecule has 0 aromatic heterocycles. The van der Waals surface area contributed by atoms with Crippen LogP contribution in [0.15, 0.2) is 127 Å². The number of phenols is 6. The first-order chi connectivity index (χ1) is 31.0. The summed E-state index contributed by atoms with van der Waals surface area (Å²) in [5.41, 5.74) is 1.93. The number of phenolic OH excluding ortho intramolecular Hbond substituents is 6. The number of carbonyl (C=O) groups is 2. The summed E-state index contributed by atoms with van der Waals surface area (Å²) >= 11 is 0. The van der Waals surface area contributed by atoms with E-state index in [2.05, 4.69) is 27.7 Å². The van der Waals surface area contributed by atoms with Crippen LogP contribution in [0.3, 0.4) is 0 Å². The van der Waals surface area contributed by atoms with Gasteiger partial charge in [-0.05, 0) is 141 Å². The van der Waals surface area contributed by atoms with Gasteiger partial charge in [0.2, 0.25) is 17.2 Å². The predicted molar refractivity (Wildman–Crippen MR) is 247 cm³/mol. The smallest absolute Gasteiger partial charge is 0.349 e. The Labute approximate surface area is 379 Å². The monoisotopic (exact) mass is 890 g/mol. The number of carbonyl (C=O) groups excluding carboxylic acids is 2. The van der Waals surface area contributed by atoms with Crippen molar-refractivity contribution < 1.29 is 63.9 Å². The molecule has 0 heterocycles. The van der Waals surface area contributed by atoms with Crippen molar-refractivity contribution in [1.29, 1.82) is 0 Å². The molecule has 6 aromatic rings. The third kappa shape index (κ3) is 14.8. The lowest BCUT2D eigenvalue weighted by molar-refractivity contribution is -0.144. The third-order valence-corrected chi connectivity index (χ3v) is 10.6. The number of hydrogen-bond donors (Lipinski definition) is 6. The number of aromatic hydroxyl groups is 6. The van der Waals surface area contributed by atoms with Crippen molar-refractivity contribution in [3.8, 4) is 74.7 Å². The molecule has 0 saturated carbocycles. The molecule has 2 atom stereocenters. The maximum Gasteiger partial charge on any atom is 0.349 e. The van der Waals surface area contributed by atoms with E-state index >= 15 is 0 Å². The highest BCUT2D eigenvalue weighted by Gasteiger charge is 2.27. The molecule has 6 aromatic carbocycles. The van der Waals surface area contributed by atoms with Gasteiger partial charge in [-0.25, -0.2) is 4.79 Å². The fourth-order valence-corrected chi connectivity index (χ4v) is 5.52. The van der Waals surface area contributed by atoms with E-state index < -0.39 is 17.1 Å². The second kappa shape index (κ2) is 23.8. The standard InChI is InChI=1S/2C18H20O5.C16H18O3/c1-4-18(2,3)17(21)23-13-10-8-12(9-11-13)22-15-7-5-6-14(19)16(15)20;1-3-12(2)13-7-9-14(10-8-13)22-11-17(20)23-16-6-4-5-15(19)18(16)21;1-3-11(2)12-7-9-13(10-8-12)19-15-6-4-5-14(17)16(15)18/h5-11,19-20H,4H2,1-3H3;4-10,12,19,21H,3,11H2,1-2H3;4-11,17-18H,3H2,1-2H3. The van der Waals surface area contributed by atoms with Crippen molar-refractivity contribution in [2.75, 3.05) is 6.61 Å². The molecule has 0 aliphatic heterocycles. The van der Waals surface area contributed by atoms with Gasteiger partial charge in [-0.3, -0.25) is 4.79 Å². The van der Waals surface area contributed by atoms with Crippen LogP contribution in [0.4, 0.5) is 0 Å². The molecule has 65 heavy (non-hydrogen) atoms. The topological polar surface area (TPSA) is 202 Å². The molecule has 2 unspecified atom stereocenters. The number of esters is 2. The van der Waals surface area contributed by atoms with Crippen LogP contribution in [0.1, 0.15) is 90.7 Å². The molecule has 13 heteroatoms.